The van der Waals surface area contributed by atoms with Crippen LogP contribution in [0.3, 0.4) is 0 Å². The van der Waals surface area contributed by atoms with Crippen molar-refractivity contribution in [3.8, 4) is 5.75 Å². The van der Waals surface area contributed by atoms with Crippen LogP contribution in [0.2, 0.25) is 0 Å². The molecule has 0 aliphatic carbocycles. The molecule has 0 bridgehead atoms. The van der Waals surface area contributed by atoms with Crippen LogP contribution in [0.25, 0.3) is 0 Å². The van der Waals surface area contributed by atoms with Gasteiger partial charge in [0.05, 0.1) is 0 Å². The van der Waals surface area contributed by atoms with Gasteiger partial charge in [0.1, 0.15) is 18.2 Å². The third-order valence-corrected chi connectivity index (χ3v) is 3.20. The molecule has 2 aromatic carbocycles. The van der Waals surface area contributed by atoms with Gasteiger partial charge in [-0.05, 0) is 42.5 Å². The van der Waals surface area contributed by atoms with Gasteiger partial charge in [0, 0.05) is 22.3 Å². The average molecular weight is 336 g/mol. The Morgan fingerprint density at radius 2 is 1.95 bits per heavy atom. The van der Waals surface area contributed by atoms with Gasteiger partial charge in [-0.25, -0.2) is 4.39 Å². The summed E-state index contributed by atoms with van der Waals surface area (Å²) < 4.78 is 19.4. The minimum absolute atomic E-state index is 0.243. The highest BCUT2D eigenvalue weighted by Crippen LogP contribution is 2.24. The molecular formula is C16H15BrFNO. The van der Waals surface area contributed by atoms with Gasteiger partial charge >= 0.3 is 0 Å². The largest absolute Gasteiger partial charge is 0.489 e. The van der Waals surface area contributed by atoms with Crippen molar-refractivity contribution in [3.63, 3.8) is 0 Å². The molecule has 0 atom stereocenters. The van der Waals surface area contributed by atoms with E-state index in [-0.39, 0.29) is 5.82 Å². The van der Waals surface area contributed by atoms with Crippen molar-refractivity contribution in [1.29, 1.82) is 0 Å². The van der Waals surface area contributed by atoms with Crippen LogP contribution in [0.5, 0.6) is 5.75 Å². The summed E-state index contributed by atoms with van der Waals surface area (Å²) in [7, 11) is 0. The Balaban J connectivity index is 2.09. The minimum atomic E-state index is -0.243. The van der Waals surface area contributed by atoms with Crippen molar-refractivity contribution in [1.82, 2.24) is 0 Å². The minimum Gasteiger partial charge on any atom is -0.489 e. The lowest BCUT2D eigenvalue weighted by Crippen LogP contribution is -2.03. The second-order valence-electron chi connectivity index (χ2n) is 4.21. The first-order valence-corrected chi connectivity index (χ1v) is 7.00. The van der Waals surface area contributed by atoms with Crippen LogP contribution >= 0.6 is 15.9 Å². The summed E-state index contributed by atoms with van der Waals surface area (Å²) in [6.45, 7) is 4.70. The van der Waals surface area contributed by atoms with E-state index in [2.05, 4.69) is 27.8 Å². The van der Waals surface area contributed by atoms with Gasteiger partial charge in [0.25, 0.3) is 0 Å². The zero-order valence-electron chi connectivity index (χ0n) is 10.9. The lowest BCUT2D eigenvalue weighted by molar-refractivity contribution is 0.359. The predicted molar refractivity (Wildman–Crippen MR) is 83.6 cm³/mol. The van der Waals surface area contributed by atoms with E-state index < -0.39 is 0 Å². The molecule has 2 rings (SSSR count). The summed E-state index contributed by atoms with van der Waals surface area (Å²) in [5.74, 6) is 0.565. The number of hydrogen-bond acceptors (Lipinski definition) is 2. The van der Waals surface area contributed by atoms with Crippen molar-refractivity contribution in [2.45, 2.75) is 6.54 Å². The summed E-state index contributed by atoms with van der Waals surface area (Å²) in [5, 5.41) is 3.24. The summed E-state index contributed by atoms with van der Waals surface area (Å²) in [5.41, 5.74) is 1.88. The molecule has 0 radical (unpaired) electrons. The van der Waals surface area contributed by atoms with Crippen LogP contribution in [0.15, 0.2) is 59.6 Å². The van der Waals surface area contributed by atoms with Crippen molar-refractivity contribution in [2.24, 2.45) is 0 Å². The van der Waals surface area contributed by atoms with E-state index in [1.165, 1.54) is 12.1 Å². The molecule has 0 aliphatic heterocycles. The van der Waals surface area contributed by atoms with Gasteiger partial charge in [0.2, 0.25) is 0 Å². The molecule has 2 aromatic rings. The Labute approximate surface area is 126 Å². The van der Waals surface area contributed by atoms with Crippen LogP contribution in [-0.2, 0) is 6.54 Å². The van der Waals surface area contributed by atoms with Gasteiger partial charge < -0.3 is 10.1 Å². The van der Waals surface area contributed by atoms with E-state index in [0.717, 1.165) is 21.5 Å². The van der Waals surface area contributed by atoms with Crippen molar-refractivity contribution < 1.29 is 9.13 Å². The van der Waals surface area contributed by atoms with Gasteiger partial charge in [-0.1, -0.05) is 28.6 Å². The first-order valence-electron chi connectivity index (χ1n) is 6.20. The van der Waals surface area contributed by atoms with E-state index in [1.807, 2.05) is 18.2 Å². The van der Waals surface area contributed by atoms with Crippen molar-refractivity contribution >= 4 is 21.6 Å². The maximum Gasteiger partial charge on any atom is 0.124 e. The molecule has 0 aliphatic rings. The molecule has 4 heteroatoms. The highest BCUT2D eigenvalue weighted by molar-refractivity contribution is 9.10. The van der Waals surface area contributed by atoms with Crippen LogP contribution in [0.4, 0.5) is 10.1 Å². The van der Waals surface area contributed by atoms with Gasteiger partial charge in [-0.3, -0.25) is 0 Å². The molecule has 20 heavy (non-hydrogen) atoms. The SMILES string of the molecule is C=CCOc1ccc(Br)cc1CNc1ccc(F)cc1. The maximum atomic E-state index is 12.8. The Kier molecular flexibility index (Phi) is 5.18. The second kappa shape index (κ2) is 7.10. The molecule has 0 spiro atoms. The Morgan fingerprint density at radius 1 is 1.20 bits per heavy atom. The Bertz CT molecular complexity index is 584. The molecule has 0 unspecified atom stereocenters. The molecule has 104 valence electrons. The van der Waals surface area contributed by atoms with Crippen molar-refractivity contribution in [2.75, 3.05) is 11.9 Å². The summed E-state index contributed by atoms with van der Waals surface area (Å²) in [6, 6.07) is 12.1. The second-order valence-corrected chi connectivity index (χ2v) is 5.13. The fourth-order valence-electron chi connectivity index (χ4n) is 1.74. The van der Waals surface area contributed by atoms with Gasteiger partial charge in [-0.2, -0.15) is 0 Å². The summed E-state index contributed by atoms with van der Waals surface area (Å²) in [4.78, 5) is 0. The standard InChI is InChI=1S/C16H15BrFNO/c1-2-9-20-16-8-3-13(17)10-12(16)11-19-15-6-4-14(18)5-7-15/h2-8,10,19H,1,9,11H2. The van der Waals surface area contributed by atoms with Crippen LogP contribution in [0.1, 0.15) is 5.56 Å². The van der Waals surface area contributed by atoms with E-state index in [0.29, 0.717) is 13.2 Å². The molecule has 0 saturated carbocycles. The fraction of sp³-hybridized carbons (Fsp3) is 0.125. The quantitative estimate of drug-likeness (QED) is 0.768. The molecule has 2 nitrogen and oxygen atoms in total. The molecule has 0 heterocycles. The lowest BCUT2D eigenvalue weighted by Gasteiger charge is -2.12. The highest BCUT2D eigenvalue weighted by Gasteiger charge is 2.04. The van der Waals surface area contributed by atoms with Crippen LogP contribution in [-0.4, -0.2) is 6.61 Å². The zero-order valence-corrected chi connectivity index (χ0v) is 12.5. The normalized spacial score (nSPS) is 10.1. The summed E-state index contributed by atoms with van der Waals surface area (Å²) in [6.07, 6.45) is 1.71. The first kappa shape index (κ1) is 14.6. The number of benzene rings is 2. The molecular weight excluding hydrogens is 321 g/mol. The predicted octanol–water partition coefficient (Wildman–Crippen LogP) is 4.77. The third kappa shape index (κ3) is 4.10. The first-order chi connectivity index (χ1) is 9.69. The topological polar surface area (TPSA) is 21.3 Å². The monoisotopic (exact) mass is 335 g/mol. The summed E-state index contributed by atoms with van der Waals surface area (Å²) >= 11 is 3.45. The van der Waals surface area contributed by atoms with Gasteiger partial charge in [-0.15, -0.1) is 0 Å². The fourth-order valence-corrected chi connectivity index (χ4v) is 2.15. The number of halogens is 2. The maximum absolute atomic E-state index is 12.8. The number of hydrogen-bond donors (Lipinski definition) is 1. The number of ether oxygens (including phenoxy) is 1. The number of nitrogens with one attached hydrogen (secondary N) is 1. The number of rotatable bonds is 6. The van der Waals surface area contributed by atoms with Crippen LogP contribution in [0, 0.1) is 5.82 Å². The smallest absolute Gasteiger partial charge is 0.124 e. The van der Waals surface area contributed by atoms with E-state index in [9.17, 15) is 4.39 Å². The van der Waals surface area contributed by atoms with Crippen molar-refractivity contribution in [3.05, 3.63) is 71.0 Å². The van der Waals surface area contributed by atoms with E-state index in [4.69, 9.17) is 4.74 Å². The van der Waals surface area contributed by atoms with E-state index in [1.54, 1.807) is 18.2 Å². The van der Waals surface area contributed by atoms with Gasteiger partial charge in [0.15, 0.2) is 0 Å². The molecule has 0 amide bonds. The molecule has 0 saturated heterocycles. The Morgan fingerprint density at radius 3 is 2.65 bits per heavy atom. The van der Waals surface area contributed by atoms with E-state index >= 15 is 0 Å². The average Bonchev–Trinajstić information content (AvgIpc) is 2.46. The highest BCUT2D eigenvalue weighted by atomic mass is 79.9. The van der Waals surface area contributed by atoms with Crippen LogP contribution < -0.4 is 10.1 Å². The molecule has 0 aromatic heterocycles. The Hall–Kier alpha value is -1.81. The number of anilines is 1. The zero-order chi connectivity index (χ0) is 14.4. The molecule has 1 N–H and O–H groups in total. The lowest BCUT2D eigenvalue weighted by atomic mass is 10.2. The third-order valence-electron chi connectivity index (χ3n) is 2.71. The molecule has 0 fully saturated rings.